The summed E-state index contributed by atoms with van der Waals surface area (Å²) < 4.78 is 2.35. The number of benzene rings is 3. The molecule has 6 rings (SSSR count). The summed E-state index contributed by atoms with van der Waals surface area (Å²) in [5.41, 5.74) is 6.79. The van der Waals surface area contributed by atoms with Crippen molar-refractivity contribution < 1.29 is 0 Å². The fourth-order valence-electron chi connectivity index (χ4n) is 4.79. The Morgan fingerprint density at radius 2 is 1.42 bits per heavy atom. The Bertz CT molecular complexity index is 1650. The van der Waals surface area contributed by atoms with Crippen molar-refractivity contribution in [2.24, 2.45) is 5.41 Å². The molecule has 6 aromatic rings. The first-order chi connectivity index (χ1) is 14.9. The number of aryl methyl sites for hydroxylation is 1. The highest BCUT2D eigenvalue weighted by atomic mass is 15.0. The molecule has 3 heteroatoms. The summed E-state index contributed by atoms with van der Waals surface area (Å²) in [6, 6.07) is 23.8. The molecule has 3 aromatic heterocycles. The second kappa shape index (κ2) is 6.27. The summed E-state index contributed by atoms with van der Waals surface area (Å²) in [5.74, 6) is 0. The molecule has 0 saturated heterocycles. The molecule has 0 aliphatic carbocycles. The van der Waals surface area contributed by atoms with E-state index in [9.17, 15) is 0 Å². The standard InChI is InChI=1S/C28H25N3/c1-17-24(16-28(2,3)4)30-27-22-14-20-11-7-8-12-23(20)29-26(22)21-13-18-9-5-6-10-19(18)15-25(21)31(17)27/h5-15H,16H2,1-4H3. The maximum Gasteiger partial charge on any atom is 0.147 e. The number of imidazole rings is 1. The van der Waals surface area contributed by atoms with Crippen LogP contribution >= 0.6 is 0 Å². The number of hydrogen-bond acceptors (Lipinski definition) is 2. The molecule has 3 aromatic carbocycles. The number of pyridine rings is 2. The van der Waals surface area contributed by atoms with E-state index in [1.54, 1.807) is 0 Å². The zero-order valence-electron chi connectivity index (χ0n) is 18.4. The van der Waals surface area contributed by atoms with Gasteiger partial charge in [0.25, 0.3) is 0 Å². The van der Waals surface area contributed by atoms with Crippen LogP contribution in [0.15, 0.2) is 66.7 Å². The lowest BCUT2D eigenvalue weighted by Gasteiger charge is -2.16. The van der Waals surface area contributed by atoms with E-state index in [2.05, 4.69) is 98.8 Å². The van der Waals surface area contributed by atoms with Crippen molar-refractivity contribution in [2.75, 3.05) is 0 Å². The number of rotatable bonds is 1. The van der Waals surface area contributed by atoms with Crippen LogP contribution in [0.25, 0.3) is 49.1 Å². The van der Waals surface area contributed by atoms with E-state index in [1.165, 1.54) is 33.1 Å². The van der Waals surface area contributed by atoms with Crippen LogP contribution < -0.4 is 0 Å². The highest BCUT2D eigenvalue weighted by Crippen LogP contribution is 2.35. The maximum atomic E-state index is 5.19. The number of aromatic nitrogens is 3. The first-order valence-corrected chi connectivity index (χ1v) is 10.9. The lowest BCUT2D eigenvalue weighted by atomic mass is 9.90. The molecule has 0 atom stereocenters. The van der Waals surface area contributed by atoms with Crippen LogP contribution in [0.2, 0.25) is 0 Å². The van der Waals surface area contributed by atoms with Gasteiger partial charge in [0.15, 0.2) is 0 Å². The minimum atomic E-state index is 0.173. The van der Waals surface area contributed by atoms with Crippen molar-refractivity contribution in [1.82, 2.24) is 14.4 Å². The van der Waals surface area contributed by atoms with Crippen molar-refractivity contribution in [3.8, 4) is 0 Å². The fourth-order valence-corrected chi connectivity index (χ4v) is 4.79. The highest BCUT2D eigenvalue weighted by molar-refractivity contribution is 6.15. The van der Waals surface area contributed by atoms with E-state index in [0.717, 1.165) is 33.9 Å². The van der Waals surface area contributed by atoms with Crippen LogP contribution in [0.3, 0.4) is 0 Å². The van der Waals surface area contributed by atoms with Crippen molar-refractivity contribution in [1.29, 1.82) is 0 Å². The van der Waals surface area contributed by atoms with Gasteiger partial charge >= 0.3 is 0 Å². The normalized spacial score (nSPS) is 12.6. The van der Waals surface area contributed by atoms with Gasteiger partial charge in [0, 0.05) is 21.9 Å². The minimum Gasteiger partial charge on any atom is -0.296 e. The molecule has 152 valence electrons. The van der Waals surface area contributed by atoms with E-state index >= 15 is 0 Å². The Balaban J connectivity index is 1.87. The summed E-state index contributed by atoms with van der Waals surface area (Å²) in [7, 11) is 0. The third-order valence-electron chi connectivity index (χ3n) is 6.23. The molecule has 0 saturated carbocycles. The maximum absolute atomic E-state index is 5.19. The quantitative estimate of drug-likeness (QED) is 0.214. The molecule has 0 radical (unpaired) electrons. The lowest BCUT2D eigenvalue weighted by Crippen LogP contribution is -2.10. The van der Waals surface area contributed by atoms with Crippen LogP contribution in [-0.2, 0) is 6.42 Å². The van der Waals surface area contributed by atoms with Gasteiger partial charge in [-0.3, -0.25) is 4.40 Å². The Kier molecular flexibility index (Phi) is 3.71. The Hall–Kier alpha value is -3.46. The van der Waals surface area contributed by atoms with Gasteiger partial charge in [0.2, 0.25) is 0 Å². The van der Waals surface area contributed by atoms with Gasteiger partial charge in [-0.25, -0.2) is 9.97 Å². The molecule has 0 spiro atoms. The summed E-state index contributed by atoms with van der Waals surface area (Å²) >= 11 is 0. The summed E-state index contributed by atoms with van der Waals surface area (Å²) in [6.07, 6.45) is 0.943. The molecule has 3 nitrogen and oxygen atoms in total. The topological polar surface area (TPSA) is 30.2 Å². The first-order valence-electron chi connectivity index (χ1n) is 10.9. The third-order valence-corrected chi connectivity index (χ3v) is 6.23. The molecular formula is C28H25N3. The zero-order chi connectivity index (χ0) is 21.3. The predicted octanol–water partition coefficient (Wildman–Crippen LogP) is 7.24. The molecule has 0 unspecified atom stereocenters. The monoisotopic (exact) mass is 403 g/mol. The SMILES string of the molecule is Cc1c(CC(C)(C)C)nc2c3cc4ccccc4nc3c3cc4ccccc4cc3n12. The van der Waals surface area contributed by atoms with E-state index < -0.39 is 0 Å². The molecule has 0 aliphatic heterocycles. The summed E-state index contributed by atoms with van der Waals surface area (Å²) in [4.78, 5) is 10.3. The van der Waals surface area contributed by atoms with Gasteiger partial charge in [0.05, 0.1) is 22.2 Å². The number of nitrogens with zero attached hydrogens (tertiary/aromatic N) is 3. The second-order valence-corrected chi connectivity index (χ2v) is 9.83. The summed E-state index contributed by atoms with van der Waals surface area (Å²) in [6.45, 7) is 9.02. The smallest absolute Gasteiger partial charge is 0.147 e. The van der Waals surface area contributed by atoms with Gasteiger partial charge in [0.1, 0.15) is 5.65 Å². The van der Waals surface area contributed by atoms with Gasteiger partial charge in [-0.15, -0.1) is 0 Å². The molecule has 0 aliphatic rings. The van der Waals surface area contributed by atoms with Crippen molar-refractivity contribution >= 4 is 49.1 Å². The molecule has 0 amide bonds. The Morgan fingerprint density at radius 3 is 2.16 bits per heavy atom. The number of hydrogen-bond donors (Lipinski definition) is 0. The van der Waals surface area contributed by atoms with Crippen LogP contribution in [0, 0.1) is 12.3 Å². The van der Waals surface area contributed by atoms with E-state index in [0.29, 0.717) is 0 Å². The Morgan fingerprint density at radius 1 is 0.774 bits per heavy atom. The van der Waals surface area contributed by atoms with E-state index in [-0.39, 0.29) is 5.41 Å². The largest absolute Gasteiger partial charge is 0.296 e. The number of para-hydroxylation sites is 1. The minimum absolute atomic E-state index is 0.173. The van der Waals surface area contributed by atoms with Crippen molar-refractivity contribution in [2.45, 2.75) is 34.1 Å². The van der Waals surface area contributed by atoms with Crippen LogP contribution in [0.5, 0.6) is 0 Å². The van der Waals surface area contributed by atoms with E-state index in [4.69, 9.17) is 9.97 Å². The molecule has 0 N–H and O–H groups in total. The van der Waals surface area contributed by atoms with E-state index in [1.807, 2.05) is 0 Å². The molecule has 0 bridgehead atoms. The van der Waals surface area contributed by atoms with Crippen molar-refractivity contribution in [3.63, 3.8) is 0 Å². The first kappa shape index (κ1) is 18.3. The van der Waals surface area contributed by atoms with Gasteiger partial charge < -0.3 is 0 Å². The van der Waals surface area contributed by atoms with Gasteiger partial charge in [-0.2, -0.15) is 0 Å². The second-order valence-electron chi connectivity index (χ2n) is 9.83. The summed E-state index contributed by atoms with van der Waals surface area (Å²) in [5, 5.41) is 5.91. The zero-order valence-corrected chi connectivity index (χ0v) is 18.4. The molecule has 0 fully saturated rings. The molecule has 3 heterocycles. The lowest BCUT2D eigenvalue weighted by molar-refractivity contribution is 0.406. The Labute approximate surface area is 181 Å². The number of fused-ring (bicyclic) bond motifs is 8. The average molecular weight is 404 g/mol. The molecular weight excluding hydrogens is 378 g/mol. The third kappa shape index (κ3) is 2.80. The average Bonchev–Trinajstić information content (AvgIpc) is 3.06. The fraction of sp³-hybridized carbons (Fsp3) is 0.214. The van der Waals surface area contributed by atoms with Crippen LogP contribution in [0.4, 0.5) is 0 Å². The highest BCUT2D eigenvalue weighted by Gasteiger charge is 2.21. The van der Waals surface area contributed by atoms with Crippen LogP contribution in [0.1, 0.15) is 32.2 Å². The molecule has 31 heavy (non-hydrogen) atoms. The van der Waals surface area contributed by atoms with Gasteiger partial charge in [-0.05, 0) is 53.8 Å². The van der Waals surface area contributed by atoms with Crippen LogP contribution in [-0.4, -0.2) is 14.4 Å². The van der Waals surface area contributed by atoms with Crippen molar-refractivity contribution in [3.05, 3.63) is 78.1 Å². The van der Waals surface area contributed by atoms with Gasteiger partial charge in [-0.1, -0.05) is 63.2 Å². The predicted molar refractivity (Wildman–Crippen MR) is 131 cm³/mol.